The molecule has 7 rings (SSSR count). The van der Waals surface area contributed by atoms with Gasteiger partial charge in [0.25, 0.3) is 5.91 Å². The summed E-state index contributed by atoms with van der Waals surface area (Å²) in [6.07, 6.45) is -1.27. The number of rotatable bonds is 6. The summed E-state index contributed by atoms with van der Waals surface area (Å²) in [6, 6.07) is 6.08. The fraction of sp³-hybridized carbons (Fsp3) is 0.528. The highest BCUT2D eigenvalue weighted by atomic mass is 35.5. The number of carbonyl (C=O) groups excluding carboxylic acids is 3. The van der Waals surface area contributed by atoms with E-state index in [0.717, 1.165) is 10.5 Å². The Bertz CT molecular complexity index is 1890. The zero-order valence-electron chi connectivity index (χ0n) is 29.0. The van der Waals surface area contributed by atoms with Crippen LogP contribution in [0.2, 0.25) is 10.2 Å². The Morgan fingerprint density at radius 2 is 1.83 bits per heavy atom. The molecule has 5 aliphatic rings. The molecule has 278 valence electrons. The van der Waals surface area contributed by atoms with E-state index < -0.39 is 47.1 Å². The number of likely N-dealkylation sites (tertiary alicyclic amines) is 1. The molecule has 1 saturated carbocycles. The molecule has 4 atom stereocenters. The first-order valence-electron chi connectivity index (χ1n) is 17.4. The van der Waals surface area contributed by atoms with Gasteiger partial charge in [-0.05, 0) is 80.5 Å². The topological polar surface area (TPSA) is 89.4 Å². The Balaban J connectivity index is 1.21. The minimum atomic E-state index is -5.00. The van der Waals surface area contributed by atoms with E-state index >= 15 is 4.39 Å². The van der Waals surface area contributed by atoms with E-state index in [9.17, 15) is 27.6 Å². The molecule has 52 heavy (non-hydrogen) atoms. The molecule has 3 amide bonds. The Labute approximate surface area is 313 Å². The largest absolute Gasteiger partial charge is 0.471 e. The SMILES string of the molecule is CC[C@H]1CN(C(=O)C(F)(F)F)C2(CC2)CN1C(=O)[C@H]1CCCN1C(=O)C1=C(C(C)C)N2C(=N[C@@](C)(c3ccc(Cl)nc3)[C@H]2c2ccc(Cl)c(F)c2)S1. The fourth-order valence-electron chi connectivity index (χ4n) is 8.24. The van der Waals surface area contributed by atoms with Crippen LogP contribution in [0.25, 0.3) is 0 Å². The van der Waals surface area contributed by atoms with Gasteiger partial charge >= 0.3 is 12.1 Å². The maximum atomic E-state index is 15.0. The van der Waals surface area contributed by atoms with E-state index in [1.54, 1.807) is 35.1 Å². The molecule has 1 aromatic carbocycles. The monoisotopic (exact) mass is 780 g/mol. The minimum Gasteiger partial charge on any atom is -0.334 e. The Hall–Kier alpha value is -3.36. The number of hydrogen-bond donors (Lipinski definition) is 0. The summed E-state index contributed by atoms with van der Waals surface area (Å²) >= 11 is 13.4. The van der Waals surface area contributed by atoms with E-state index in [4.69, 9.17) is 28.2 Å². The summed E-state index contributed by atoms with van der Waals surface area (Å²) < 4.78 is 55.6. The summed E-state index contributed by atoms with van der Waals surface area (Å²) in [5, 5.41) is 0.820. The number of nitrogens with zero attached hydrogens (tertiary/aromatic N) is 6. The van der Waals surface area contributed by atoms with Crippen LogP contribution in [0.3, 0.4) is 0 Å². The molecule has 9 nitrogen and oxygen atoms in total. The number of hydrogen-bond acceptors (Lipinski definition) is 7. The van der Waals surface area contributed by atoms with Crippen molar-refractivity contribution >= 4 is 57.9 Å². The number of aliphatic imine (C=N–C) groups is 1. The van der Waals surface area contributed by atoms with Crippen molar-refractivity contribution < 1.29 is 31.9 Å². The third-order valence-electron chi connectivity index (χ3n) is 11.1. The summed E-state index contributed by atoms with van der Waals surface area (Å²) in [6.45, 7) is 7.74. The maximum Gasteiger partial charge on any atom is 0.471 e. The van der Waals surface area contributed by atoms with Crippen molar-refractivity contribution in [2.45, 2.75) is 95.2 Å². The smallest absolute Gasteiger partial charge is 0.334 e. The number of allylic oxidation sites excluding steroid dienone is 1. The highest BCUT2D eigenvalue weighted by Crippen LogP contribution is 2.56. The van der Waals surface area contributed by atoms with Crippen LogP contribution in [0.5, 0.6) is 0 Å². The van der Waals surface area contributed by atoms with Crippen molar-refractivity contribution in [1.29, 1.82) is 0 Å². The van der Waals surface area contributed by atoms with Gasteiger partial charge in [-0.1, -0.05) is 56.1 Å². The number of fused-ring (bicyclic) bond motifs is 1. The molecular weight excluding hydrogens is 743 g/mol. The summed E-state index contributed by atoms with van der Waals surface area (Å²) in [4.78, 5) is 57.3. The maximum absolute atomic E-state index is 15.0. The summed E-state index contributed by atoms with van der Waals surface area (Å²) in [5.74, 6) is -3.31. The summed E-state index contributed by atoms with van der Waals surface area (Å²) in [7, 11) is 0. The fourth-order valence-corrected chi connectivity index (χ4v) is 9.84. The molecule has 1 spiro atoms. The lowest BCUT2D eigenvalue weighted by Gasteiger charge is -2.48. The standard InChI is InChI=1S/C36H38Cl2F4N6O3S/c1-5-22-17-47(32(51)36(40,41)42)35(12-13-35)18-46(22)30(49)25-7-6-14-45(25)31(50)28-27(19(2)3)48-29(20-8-10-23(37)24(39)15-20)34(4,44-33(48)52-28)21-9-11-26(38)43-16-21/h8-11,15-16,19,22,25,29H,5-7,12-14,17-18H2,1-4H3/t22-,25+,29+,34-/m0/s1. The van der Waals surface area contributed by atoms with Crippen molar-refractivity contribution in [3.63, 3.8) is 0 Å². The Kier molecular flexibility index (Phi) is 9.38. The molecule has 0 unspecified atom stereocenters. The number of amides is 3. The second kappa shape index (κ2) is 13.2. The van der Waals surface area contributed by atoms with Crippen LogP contribution in [0, 0.1) is 11.7 Å². The predicted molar refractivity (Wildman–Crippen MR) is 190 cm³/mol. The van der Waals surface area contributed by atoms with E-state index in [1.165, 1.54) is 23.9 Å². The van der Waals surface area contributed by atoms with Gasteiger partial charge in [0.2, 0.25) is 5.91 Å². The number of aromatic nitrogens is 1. The number of benzene rings is 1. The van der Waals surface area contributed by atoms with Gasteiger partial charge in [0.15, 0.2) is 5.17 Å². The van der Waals surface area contributed by atoms with Gasteiger partial charge in [0.1, 0.15) is 27.5 Å². The number of carbonyl (C=O) groups is 3. The molecule has 0 bridgehead atoms. The van der Waals surface area contributed by atoms with Crippen LogP contribution in [0.1, 0.15) is 77.0 Å². The Morgan fingerprint density at radius 1 is 1.10 bits per heavy atom. The lowest BCUT2D eigenvalue weighted by Crippen LogP contribution is -2.66. The molecule has 0 radical (unpaired) electrons. The first-order chi connectivity index (χ1) is 24.5. The van der Waals surface area contributed by atoms with E-state index in [1.807, 2.05) is 31.7 Å². The molecule has 3 fully saturated rings. The number of alkyl halides is 3. The minimum absolute atomic E-state index is 0.00142. The number of halogens is 6. The molecule has 16 heteroatoms. The zero-order valence-corrected chi connectivity index (χ0v) is 31.3. The third-order valence-corrected chi connectivity index (χ3v) is 12.7. The first kappa shape index (κ1) is 37.0. The van der Waals surface area contributed by atoms with Gasteiger partial charge < -0.3 is 19.6 Å². The van der Waals surface area contributed by atoms with Crippen LogP contribution in [-0.2, 0) is 19.9 Å². The molecule has 1 aliphatic carbocycles. The molecular formula is C36H38Cl2F4N6O3S. The zero-order chi connectivity index (χ0) is 37.5. The molecule has 0 N–H and O–H groups in total. The number of thioether (sulfide) groups is 1. The van der Waals surface area contributed by atoms with Crippen molar-refractivity contribution in [2.24, 2.45) is 10.9 Å². The van der Waals surface area contributed by atoms with Gasteiger partial charge in [-0.2, -0.15) is 13.2 Å². The highest BCUT2D eigenvalue weighted by molar-refractivity contribution is 8.18. The van der Waals surface area contributed by atoms with Gasteiger partial charge in [0.05, 0.1) is 16.6 Å². The number of piperazine rings is 1. The van der Waals surface area contributed by atoms with Crippen LogP contribution in [-0.4, -0.2) is 90.9 Å². The second-order valence-electron chi connectivity index (χ2n) is 14.7. The van der Waals surface area contributed by atoms with E-state index in [2.05, 4.69) is 4.98 Å². The van der Waals surface area contributed by atoms with Crippen LogP contribution < -0.4 is 0 Å². The molecule has 1 aromatic heterocycles. The molecule has 5 heterocycles. The third kappa shape index (κ3) is 6.06. The van der Waals surface area contributed by atoms with Gasteiger partial charge in [-0.3, -0.25) is 14.4 Å². The van der Waals surface area contributed by atoms with Gasteiger partial charge in [0, 0.05) is 43.1 Å². The van der Waals surface area contributed by atoms with Crippen molar-refractivity contribution in [1.82, 2.24) is 24.6 Å². The van der Waals surface area contributed by atoms with Gasteiger partial charge in [-0.25, -0.2) is 14.4 Å². The van der Waals surface area contributed by atoms with E-state index in [-0.39, 0.29) is 35.8 Å². The second-order valence-corrected chi connectivity index (χ2v) is 16.4. The normalized spacial score (nSPS) is 26.8. The van der Waals surface area contributed by atoms with Crippen molar-refractivity contribution in [2.75, 3.05) is 19.6 Å². The van der Waals surface area contributed by atoms with E-state index in [0.29, 0.717) is 65.1 Å². The van der Waals surface area contributed by atoms with Crippen LogP contribution in [0.15, 0.2) is 52.1 Å². The molecule has 2 aromatic rings. The quantitative estimate of drug-likeness (QED) is 0.226. The van der Waals surface area contributed by atoms with Gasteiger partial charge in [-0.15, -0.1) is 0 Å². The average molecular weight is 782 g/mol. The predicted octanol–water partition coefficient (Wildman–Crippen LogP) is 7.31. The highest BCUT2D eigenvalue weighted by Gasteiger charge is 2.61. The number of amidine groups is 1. The molecule has 2 saturated heterocycles. The number of pyridine rings is 1. The average Bonchev–Trinajstić information content (AvgIpc) is 3.40. The van der Waals surface area contributed by atoms with Crippen molar-refractivity contribution in [3.05, 3.63) is 74.3 Å². The van der Waals surface area contributed by atoms with Crippen LogP contribution in [0.4, 0.5) is 17.6 Å². The van der Waals surface area contributed by atoms with Crippen molar-refractivity contribution in [3.8, 4) is 0 Å². The van der Waals surface area contributed by atoms with Crippen LogP contribution >= 0.6 is 35.0 Å². The first-order valence-corrected chi connectivity index (χ1v) is 19.0. The summed E-state index contributed by atoms with van der Waals surface area (Å²) in [5.41, 5.74) is -0.00808. The lowest BCUT2D eigenvalue weighted by atomic mass is 9.81. The Morgan fingerprint density at radius 3 is 2.42 bits per heavy atom. The molecule has 4 aliphatic heterocycles. The lowest BCUT2D eigenvalue weighted by molar-refractivity contribution is -0.193.